The van der Waals surface area contributed by atoms with E-state index in [1.165, 1.54) is 12.8 Å². The Morgan fingerprint density at radius 3 is 2.50 bits per heavy atom. The van der Waals surface area contributed by atoms with Gasteiger partial charge in [0.1, 0.15) is 6.10 Å². The number of para-hydroxylation sites is 1. The van der Waals surface area contributed by atoms with E-state index >= 15 is 0 Å². The molecule has 94 valence electrons. The minimum Gasteiger partial charge on any atom is -0.446 e. The van der Waals surface area contributed by atoms with Crippen LogP contribution in [0.15, 0.2) is 30.3 Å². The normalized spacial score (nSPS) is 39.2. The summed E-state index contributed by atoms with van der Waals surface area (Å²) < 4.78 is 5.60. The van der Waals surface area contributed by atoms with E-state index in [4.69, 9.17) is 4.74 Å². The van der Waals surface area contributed by atoms with Gasteiger partial charge in [-0.15, -0.1) is 0 Å². The first kappa shape index (κ1) is 10.4. The molecule has 4 aliphatic carbocycles. The molecule has 1 aromatic rings. The fraction of sp³-hybridized carbons (Fsp3) is 0.533. The number of hydrogen-bond acceptors (Lipinski definition) is 2. The standard InChI is InChI=1S/C15H17NO2/c17-15(16-10-4-2-1-3-5-10)18-13-8-9-6-11-12(7-9)14(11)13/h1-5,9,11-14H,6-8H2,(H,16,17)/t9?,11-,12+,13-,14?/m1/s1. The number of carbonyl (C=O) groups excluding carboxylic acids is 1. The van der Waals surface area contributed by atoms with Crippen molar-refractivity contribution >= 4 is 11.8 Å². The number of amides is 1. The van der Waals surface area contributed by atoms with Crippen molar-refractivity contribution in [2.75, 3.05) is 5.32 Å². The van der Waals surface area contributed by atoms with Crippen molar-refractivity contribution in [1.82, 2.24) is 0 Å². The minimum atomic E-state index is -0.293. The first-order chi connectivity index (χ1) is 8.81. The van der Waals surface area contributed by atoms with E-state index < -0.39 is 0 Å². The predicted molar refractivity (Wildman–Crippen MR) is 68.1 cm³/mol. The lowest BCUT2D eigenvalue weighted by Gasteiger charge is -2.30. The van der Waals surface area contributed by atoms with Crippen molar-refractivity contribution in [2.24, 2.45) is 23.7 Å². The summed E-state index contributed by atoms with van der Waals surface area (Å²) in [5.74, 6) is 3.24. The zero-order valence-corrected chi connectivity index (χ0v) is 10.2. The number of nitrogens with one attached hydrogen (secondary N) is 1. The summed E-state index contributed by atoms with van der Waals surface area (Å²) in [6, 6.07) is 9.49. The van der Waals surface area contributed by atoms with Gasteiger partial charge in [0.2, 0.25) is 0 Å². The van der Waals surface area contributed by atoms with Gasteiger partial charge in [0.05, 0.1) is 0 Å². The molecule has 18 heavy (non-hydrogen) atoms. The van der Waals surface area contributed by atoms with E-state index in [-0.39, 0.29) is 12.2 Å². The second-order valence-corrected chi connectivity index (χ2v) is 5.91. The minimum absolute atomic E-state index is 0.177. The van der Waals surface area contributed by atoms with Crippen LogP contribution in [0.5, 0.6) is 0 Å². The van der Waals surface area contributed by atoms with E-state index in [0.717, 1.165) is 29.9 Å². The Labute approximate surface area is 107 Å². The summed E-state index contributed by atoms with van der Waals surface area (Å²) in [7, 11) is 0. The summed E-state index contributed by atoms with van der Waals surface area (Å²) in [5.41, 5.74) is 0.802. The number of benzene rings is 1. The molecule has 2 unspecified atom stereocenters. The summed E-state index contributed by atoms with van der Waals surface area (Å²) in [5, 5.41) is 2.80. The van der Waals surface area contributed by atoms with Gasteiger partial charge in [-0.3, -0.25) is 5.32 Å². The Morgan fingerprint density at radius 2 is 1.83 bits per heavy atom. The van der Waals surface area contributed by atoms with Crippen molar-refractivity contribution < 1.29 is 9.53 Å². The Kier molecular flexibility index (Phi) is 2.16. The van der Waals surface area contributed by atoms with Crippen molar-refractivity contribution in [2.45, 2.75) is 25.4 Å². The molecule has 0 aromatic heterocycles. The molecule has 1 N–H and O–H groups in total. The topological polar surface area (TPSA) is 38.3 Å². The second-order valence-electron chi connectivity index (χ2n) is 5.91. The first-order valence-electron chi connectivity index (χ1n) is 6.84. The molecule has 0 saturated heterocycles. The van der Waals surface area contributed by atoms with Gasteiger partial charge in [-0.2, -0.15) is 0 Å². The van der Waals surface area contributed by atoms with Gasteiger partial charge in [0.25, 0.3) is 0 Å². The SMILES string of the molecule is O=C(Nc1ccccc1)O[C@@H]1CC2C[C@@H]3C1[C@@H]3C2. The van der Waals surface area contributed by atoms with Gasteiger partial charge >= 0.3 is 6.09 Å². The fourth-order valence-corrected chi connectivity index (χ4v) is 4.17. The number of hydrogen-bond donors (Lipinski definition) is 1. The highest BCUT2D eigenvalue weighted by Crippen LogP contribution is 2.67. The van der Waals surface area contributed by atoms with Gasteiger partial charge in [0, 0.05) is 11.6 Å². The summed E-state index contributed by atoms with van der Waals surface area (Å²) in [4.78, 5) is 11.8. The third kappa shape index (κ3) is 1.61. The van der Waals surface area contributed by atoms with Crippen LogP contribution in [-0.2, 0) is 4.74 Å². The van der Waals surface area contributed by atoms with Crippen LogP contribution in [0.3, 0.4) is 0 Å². The molecule has 4 fully saturated rings. The number of ether oxygens (including phenoxy) is 1. The quantitative estimate of drug-likeness (QED) is 0.865. The lowest BCUT2D eigenvalue weighted by Crippen LogP contribution is -2.32. The Hall–Kier alpha value is -1.51. The first-order valence-corrected chi connectivity index (χ1v) is 6.84. The van der Waals surface area contributed by atoms with Crippen LogP contribution in [-0.4, -0.2) is 12.2 Å². The van der Waals surface area contributed by atoms with Crippen LogP contribution in [0.25, 0.3) is 0 Å². The molecule has 1 aromatic carbocycles. The maximum atomic E-state index is 11.8. The summed E-state index contributed by atoms with van der Waals surface area (Å²) in [6.07, 6.45) is 3.74. The molecule has 5 atom stereocenters. The van der Waals surface area contributed by atoms with Crippen molar-refractivity contribution in [3.05, 3.63) is 30.3 Å². The maximum Gasteiger partial charge on any atom is 0.411 e. The van der Waals surface area contributed by atoms with Crippen LogP contribution < -0.4 is 5.32 Å². The molecule has 4 saturated carbocycles. The monoisotopic (exact) mass is 243 g/mol. The molecule has 0 aliphatic heterocycles. The van der Waals surface area contributed by atoms with Gasteiger partial charge in [-0.1, -0.05) is 18.2 Å². The summed E-state index contributed by atoms with van der Waals surface area (Å²) >= 11 is 0. The van der Waals surface area contributed by atoms with Gasteiger partial charge in [0.15, 0.2) is 0 Å². The average molecular weight is 243 g/mol. The Bertz CT molecular complexity index is 461. The number of anilines is 1. The van der Waals surface area contributed by atoms with Crippen molar-refractivity contribution in [1.29, 1.82) is 0 Å². The van der Waals surface area contributed by atoms with E-state index in [0.29, 0.717) is 5.92 Å². The number of fused-ring (bicyclic) bond motifs is 1. The van der Waals surface area contributed by atoms with Crippen molar-refractivity contribution in [3.8, 4) is 0 Å². The molecule has 3 nitrogen and oxygen atoms in total. The molecule has 3 heteroatoms. The predicted octanol–water partition coefficient (Wildman–Crippen LogP) is 3.28. The molecular weight excluding hydrogens is 226 g/mol. The van der Waals surface area contributed by atoms with E-state index in [1.807, 2.05) is 30.3 Å². The third-order valence-corrected chi connectivity index (χ3v) is 4.88. The van der Waals surface area contributed by atoms with Crippen LogP contribution in [0.1, 0.15) is 19.3 Å². The van der Waals surface area contributed by atoms with Crippen LogP contribution >= 0.6 is 0 Å². The average Bonchev–Trinajstić information content (AvgIpc) is 2.94. The maximum absolute atomic E-state index is 11.8. The third-order valence-electron chi connectivity index (χ3n) is 4.88. The lowest BCUT2D eigenvalue weighted by molar-refractivity contribution is 0.0453. The smallest absolute Gasteiger partial charge is 0.411 e. The molecule has 0 radical (unpaired) electrons. The molecule has 4 aliphatic rings. The van der Waals surface area contributed by atoms with Crippen LogP contribution in [0.4, 0.5) is 10.5 Å². The van der Waals surface area contributed by atoms with Crippen LogP contribution in [0.2, 0.25) is 0 Å². The molecule has 1 amide bonds. The highest BCUT2D eigenvalue weighted by Gasteiger charge is 2.64. The molecular formula is C15H17NO2. The second kappa shape index (κ2) is 3.74. The van der Waals surface area contributed by atoms with Crippen LogP contribution in [0, 0.1) is 23.7 Å². The lowest BCUT2D eigenvalue weighted by atomic mass is 9.83. The van der Waals surface area contributed by atoms with Gasteiger partial charge in [-0.05, 0) is 49.1 Å². The molecule has 0 spiro atoms. The zero-order chi connectivity index (χ0) is 12.1. The molecule has 5 rings (SSSR count). The Balaban J connectivity index is 1.37. The highest BCUT2D eigenvalue weighted by atomic mass is 16.6. The van der Waals surface area contributed by atoms with Crippen molar-refractivity contribution in [3.63, 3.8) is 0 Å². The largest absolute Gasteiger partial charge is 0.446 e. The zero-order valence-electron chi connectivity index (χ0n) is 10.2. The van der Waals surface area contributed by atoms with E-state index in [9.17, 15) is 4.79 Å². The number of carbonyl (C=O) groups is 1. The highest BCUT2D eigenvalue weighted by molar-refractivity contribution is 5.84. The van der Waals surface area contributed by atoms with E-state index in [1.54, 1.807) is 0 Å². The molecule has 4 bridgehead atoms. The fourth-order valence-electron chi connectivity index (χ4n) is 4.17. The Morgan fingerprint density at radius 1 is 1.11 bits per heavy atom. The number of rotatable bonds is 2. The van der Waals surface area contributed by atoms with Gasteiger partial charge in [-0.25, -0.2) is 4.79 Å². The van der Waals surface area contributed by atoms with E-state index in [2.05, 4.69) is 5.32 Å². The van der Waals surface area contributed by atoms with Gasteiger partial charge < -0.3 is 4.74 Å². The summed E-state index contributed by atoms with van der Waals surface area (Å²) in [6.45, 7) is 0. The molecule has 0 heterocycles.